The first-order valence-corrected chi connectivity index (χ1v) is 13.8. The smallest absolute Gasteiger partial charge is 0.265 e. The zero-order valence-electron chi connectivity index (χ0n) is 21.2. The number of fused-ring (bicyclic) bond motifs is 1. The summed E-state index contributed by atoms with van der Waals surface area (Å²) in [7, 11) is 0. The highest BCUT2D eigenvalue weighted by Crippen LogP contribution is 2.38. The van der Waals surface area contributed by atoms with Gasteiger partial charge in [-0.3, -0.25) is 14.5 Å². The lowest BCUT2D eigenvalue weighted by Gasteiger charge is -2.29. The predicted octanol–water partition coefficient (Wildman–Crippen LogP) is 8.11. The second-order valence-corrected chi connectivity index (χ2v) is 10.7. The first-order valence-electron chi connectivity index (χ1n) is 12.6. The maximum absolute atomic E-state index is 13.0. The summed E-state index contributed by atoms with van der Waals surface area (Å²) in [5, 5.41) is 0.663. The van der Waals surface area contributed by atoms with Gasteiger partial charge in [-0.15, -0.1) is 0 Å². The molecule has 7 heteroatoms. The van der Waals surface area contributed by atoms with Crippen molar-refractivity contribution in [1.29, 1.82) is 0 Å². The van der Waals surface area contributed by atoms with E-state index in [2.05, 4.69) is 15.9 Å². The standard InChI is InChI=1S/C33H22BrClN2O3/c34-26-11-6-22(7-12-26)28-16-25(21-8-13-27(35)14-9-21)17-29(36-28)24-10-15-32-30(18-24)37(33(39)20-40-32)19-31(38)23-4-2-1-3-5-23/h1-18H,19-20H2. The lowest BCUT2D eigenvalue weighted by molar-refractivity contribution is -0.121. The summed E-state index contributed by atoms with van der Waals surface area (Å²) in [6.07, 6.45) is 0. The van der Waals surface area contributed by atoms with Crippen molar-refractivity contribution in [2.24, 2.45) is 0 Å². The van der Waals surface area contributed by atoms with E-state index in [1.165, 1.54) is 4.90 Å². The summed E-state index contributed by atoms with van der Waals surface area (Å²) in [6, 6.07) is 34.3. The van der Waals surface area contributed by atoms with Crippen LogP contribution in [0.3, 0.4) is 0 Å². The SMILES string of the molecule is O=C(CN1C(=O)COc2ccc(-c3cc(-c4ccc(Cl)cc4)cc(-c4ccc(Br)cc4)n3)cc21)c1ccccc1. The summed E-state index contributed by atoms with van der Waals surface area (Å²) in [5.41, 5.74) is 6.35. The van der Waals surface area contributed by atoms with Gasteiger partial charge in [-0.1, -0.05) is 82.1 Å². The van der Waals surface area contributed by atoms with Crippen LogP contribution in [0, 0.1) is 0 Å². The number of benzene rings is 4. The number of hydrogen-bond donors (Lipinski definition) is 0. The summed E-state index contributed by atoms with van der Waals surface area (Å²) in [6.45, 7) is -0.197. The fraction of sp³-hybridized carbons (Fsp3) is 0.0606. The number of pyridine rings is 1. The Labute approximate surface area is 245 Å². The van der Waals surface area contributed by atoms with Gasteiger partial charge in [0.05, 0.1) is 23.6 Å². The van der Waals surface area contributed by atoms with E-state index >= 15 is 0 Å². The predicted molar refractivity (Wildman–Crippen MR) is 162 cm³/mol. The molecule has 0 radical (unpaired) electrons. The number of anilines is 1. The van der Waals surface area contributed by atoms with Gasteiger partial charge in [-0.2, -0.15) is 0 Å². The van der Waals surface area contributed by atoms with E-state index in [1.807, 2.05) is 97.1 Å². The minimum Gasteiger partial charge on any atom is -0.482 e. The first kappa shape index (κ1) is 26.0. The third kappa shape index (κ3) is 5.41. The van der Waals surface area contributed by atoms with E-state index in [0.29, 0.717) is 22.0 Å². The van der Waals surface area contributed by atoms with Crippen molar-refractivity contribution >= 4 is 44.9 Å². The molecule has 0 saturated heterocycles. The van der Waals surface area contributed by atoms with Gasteiger partial charge in [-0.25, -0.2) is 4.98 Å². The van der Waals surface area contributed by atoms with E-state index < -0.39 is 0 Å². The average molecular weight is 610 g/mol. The minimum atomic E-state index is -0.271. The molecule has 0 N–H and O–H groups in total. The van der Waals surface area contributed by atoms with E-state index in [1.54, 1.807) is 12.1 Å². The first-order chi connectivity index (χ1) is 19.4. The third-order valence-corrected chi connectivity index (χ3v) is 7.52. The summed E-state index contributed by atoms with van der Waals surface area (Å²) < 4.78 is 6.69. The molecule has 1 amide bonds. The lowest BCUT2D eigenvalue weighted by Crippen LogP contribution is -2.42. The Morgan fingerprint density at radius 2 is 1.45 bits per heavy atom. The summed E-state index contributed by atoms with van der Waals surface area (Å²) in [5.74, 6) is 0.131. The Kier molecular flexibility index (Phi) is 7.20. The van der Waals surface area contributed by atoms with Gasteiger partial charge in [0, 0.05) is 26.2 Å². The van der Waals surface area contributed by atoms with Crippen LogP contribution in [0.1, 0.15) is 10.4 Å². The third-order valence-electron chi connectivity index (χ3n) is 6.74. The van der Waals surface area contributed by atoms with Crippen molar-refractivity contribution in [2.45, 2.75) is 0 Å². The number of ketones is 1. The fourth-order valence-electron chi connectivity index (χ4n) is 4.65. The average Bonchev–Trinajstić information content (AvgIpc) is 2.99. The van der Waals surface area contributed by atoms with Crippen LogP contribution in [0.2, 0.25) is 5.02 Å². The molecule has 40 heavy (non-hydrogen) atoms. The van der Waals surface area contributed by atoms with Gasteiger partial charge in [-0.05, 0) is 65.7 Å². The molecular weight excluding hydrogens is 588 g/mol. The van der Waals surface area contributed by atoms with Gasteiger partial charge in [0.15, 0.2) is 12.4 Å². The number of rotatable bonds is 6. The van der Waals surface area contributed by atoms with Crippen molar-refractivity contribution in [3.05, 3.63) is 124 Å². The number of amides is 1. The molecular formula is C33H22BrClN2O3. The highest BCUT2D eigenvalue weighted by atomic mass is 79.9. The Bertz CT molecular complexity index is 1660. The van der Waals surface area contributed by atoms with Crippen molar-refractivity contribution in [2.75, 3.05) is 18.1 Å². The molecule has 0 spiro atoms. The van der Waals surface area contributed by atoms with Crippen molar-refractivity contribution in [1.82, 2.24) is 4.98 Å². The normalized spacial score (nSPS) is 12.6. The number of nitrogens with zero attached hydrogens (tertiary/aromatic N) is 2. The monoisotopic (exact) mass is 608 g/mol. The van der Waals surface area contributed by atoms with Crippen molar-refractivity contribution in [3.8, 4) is 39.4 Å². The molecule has 5 nitrogen and oxygen atoms in total. The van der Waals surface area contributed by atoms with E-state index in [9.17, 15) is 9.59 Å². The zero-order valence-corrected chi connectivity index (χ0v) is 23.5. The molecule has 5 aromatic rings. The highest BCUT2D eigenvalue weighted by Gasteiger charge is 2.28. The Morgan fingerprint density at radius 3 is 2.17 bits per heavy atom. The minimum absolute atomic E-state index is 0.0783. The number of halogens is 2. The number of carbonyl (C=O) groups excluding carboxylic acids is 2. The molecule has 196 valence electrons. The molecule has 1 aromatic heterocycles. The second kappa shape index (κ2) is 11.1. The Morgan fingerprint density at radius 1 is 0.800 bits per heavy atom. The molecule has 1 aliphatic rings. The van der Waals surface area contributed by atoms with Crippen LogP contribution in [0.5, 0.6) is 5.75 Å². The zero-order chi connectivity index (χ0) is 27.6. The Balaban J connectivity index is 1.43. The molecule has 0 unspecified atom stereocenters. The fourth-order valence-corrected chi connectivity index (χ4v) is 5.04. The quantitative estimate of drug-likeness (QED) is 0.183. The molecule has 0 saturated carbocycles. The molecule has 0 atom stereocenters. The molecule has 0 fully saturated rings. The molecule has 0 bridgehead atoms. The molecule has 4 aromatic carbocycles. The maximum Gasteiger partial charge on any atom is 0.265 e. The van der Waals surface area contributed by atoms with Gasteiger partial charge in [0.1, 0.15) is 5.75 Å². The van der Waals surface area contributed by atoms with Crippen LogP contribution >= 0.6 is 27.5 Å². The Hall–Kier alpha value is -4.26. The van der Waals surface area contributed by atoms with Gasteiger partial charge >= 0.3 is 0 Å². The van der Waals surface area contributed by atoms with Crippen LogP contribution in [-0.2, 0) is 4.79 Å². The van der Waals surface area contributed by atoms with E-state index in [4.69, 9.17) is 21.3 Å². The molecule has 2 heterocycles. The molecule has 0 aliphatic carbocycles. The molecule has 6 rings (SSSR count). The highest BCUT2D eigenvalue weighted by molar-refractivity contribution is 9.10. The maximum atomic E-state index is 13.0. The lowest BCUT2D eigenvalue weighted by atomic mass is 9.99. The summed E-state index contributed by atoms with van der Waals surface area (Å²) in [4.78, 5) is 32.4. The second-order valence-electron chi connectivity index (χ2n) is 9.38. The van der Waals surface area contributed by atoms with Crippen LogP contribution in [0.15, 0.2) is 114 Å². The van der Waals surface area contributed by atoms with E-state index in [-0.39, 0.29) is 24.8 Å². The number of Topliss-reactive ketones (excluding diaryl/α,β-unsaturated/α-hetero) is 1. The van der Waals surface area contributed by atoms with Gasteiger partial charge < -0.3 is 4.74 Å². The van der Waals surface area contributed by atoms with Gasteiger partial charge in [0.25, 0.3) is 5.91 Å². The van der Waals surface area contributed by atoms with E-state index in [0.717, 1.165) is 38.1 Å². The number of carbonyl (C=O) groups is 2. The van der Waals surface area contributed by atoms with Gasteiger partial charge in [0.2, 0.25) is 0 Å². The molecule has 1 aliphatic heterocycles. The van der Waals surface area contributed by atoms with Crippen LogP contribution < -0.4 is 9.64 Å². The summed E-state index contributed by atoms with van der Waals surface area (Å²) >= 11 is 9.65. The number of hydrogen-bond acceptors (Lipinski definition) is 4. The van der Waals surface area contributed by atoms with Crippen molar-refractivity contribution < 1.29 is 14.3 Å². The van der Waals surface area contributed by atoms with Crippen LogP contribution in [-0.4, -0.2) is 29.8 Å². The van der Waals surface area contributed by atoms with Crippen molar-refractivity contribution in [3.63, 3.8) is 0 Å². The number of ether oxygens (including phenoxy) is 1. The number of aromatic nitrogens is 1. The topological polar surface area (TPSA) is 59.5 Å². The van der Waals surface area contributed by atoms with Crippen LogP contribution in [0.25, 0.3) is 33.6 Å². The largest absolute Gasteiger partial charge is 0.482 e. The van der Waals surface area contributed by atoms with Crippen LogP contribution in [0.4, 0.5) is 5.69 Å².